The van der Waals surface area contributed by atoms with Crippen LogP contribution in [0, 0.1) is 0 Å². The minimum Gasteiger partial charge on any atom is -0.389 e. The molecule has 1 heterocycles. The lowest BCUT2D eigenvalue weighted by atomic mass is 10.1. The van der Waals surface area contributed by atoms with Crippen molar-refractivity contribution in [3.8, 4) is 0 Å². The fourth-order valence-corrected chi connectivity index (χ4v) is 1.43. The number of hydrogen-bond donors (Lipinski definition) is 2. The van der Waals surface area contributed by atoms with Crippen LogP contribution in [0.5, 0.6) is 0 Å². The summed E-state index contributed by atoms with van der Waals surface area (Å²) in [7, 11) is 3.35. The van der Waals surface area contributed by atoms with E-state index in [0.29, 0.717) is 5.82 Å². The van der Waals surface area contributed by atoms with Crippen LogP contribution >= 0.6 is 0 Å². The molecule has 0 aliphatic rings. The van der Waals surface area contributed by atoms with E-state index < -0.39 is 5.60 Å². The van der Waals surface area contributed by atoms with E-state index in [4.69, 9.17) is 0 Å². The number of aromatic nitrogens is 2. The van der Waals surface area contributed by atoms with Crippen LogP contribution in [0.25, 0.3) is 0 Å². The Morgan fingerprint density at radius 1 is 1.47 bits per heavy atom. The smallest absolute Gasteiger partial charge is 0.274 e. The topological polar surface area (TPSA) is 78.4 Å². The second kappa shape index (κ2) is 5.09. The number of anilines is 1. The highest BCUT2D eigenvalue weighted by Gasteiger charge is 2.21. The van der Waals surface area contributed by atoms with Gasteiger partial charge in [0.25, 0.3) is 5.91 Å². The molecule has 2 N–H and O–H groups in total. The third-order valence-electron chi connectivity index (χ3n) is 2.11. The van der Waals surface area contributed by atoms with Crippen LogP contribution in [0.1, 0.15) is 24.3 Å². The van der Waals surface area contributed by atoms with Gasteiger partial charge in [-0.05, 0) is 26.0 Å². The van der Waals surface area contributed by atoms with Crippen molar-refractivity contribution >= 4 is 11.7 Å². The van der Waals surface area contributed by atoms with Gasteiger partial charge in [0.05, 0.1) is 5.60 Å². The highest BCUT2D eigenvalue weighted by atomic mass is 16.3. The van der Waals surface area contributed by atoms with Gasteiger partial charge in [0.1, 0.15) is 5.82 Å². The monoisotopic (exact) mass is 238 g/mol. The van der Waals surface area contributed by atoms with Crippen LogP contribution in [-0.4, -0.2) is 52.4 Å². The average molecular weight is 238 g/mol. The zero-order valence-corrected chi connectivity index (χ0v) is 10.6. The Morgan fingerprint density at radius 3 is 2.53 bits per heavy atom. The fourth-order valence-electron chi connectivity index (χ4n) is 1.43. The van der Waals surface area contributed by atoms with Gasteiger partial charge < -0.3 is 15.3 Å². The average Bonchev–Trinajstić information content (AvgIpc) is 2.26. The molecule has 1 aromatic heterocycles. The molecule has 17 heavy (non-hydrogen) atoms. The van der Waals surface area contributed by atoms with Crippen molar-refractivity contribution in [1.29, 1.82) is 0 Å². The van der Waals surface area contributed by atoms with Gasteiger partial charge in [0.15, 0.2) is 5.69 Å². The number of nitrogens with one attached hydrogen (secondary N) is 1. The van der Waals surface area contributed by atoms with Gasteiger partial charge in [-0.2, -0.15) is 0 Å². The Hall–Kier alpha value is -1.69. The van der Waals surface area contributed by atoms with Crippen LogP contribution in [0.4, 0.5) is 5.82 Å². The van der Waals surface area contributed by atoms with E-state index >= 15 is 0 Å². The molecule has 1 amide bonds. The molecular weight excluding hydrogens is 220 g/mol. The highest BCUT2D eigenvalue weighted by molar-refractivity contribution is 5.92. The number of carbonyl (C=O) groups is 1. The second-order valence-corrected chi connectivity index (χ2v) is 4.53. The van der Waals surface area contributed by atoms with Gasteiger partial charge in [-0.3, -0.25) is 4.79 Å². The Labute approximate surface area is 101 Å². The summed E-state index contributed by atoms with van der Waals surface area (Å²) in [5.74, 6) is 0.342. The summed E-state index contributed by atoms with van der Waals surface area (Å²) in [5, 5.41) is 20.1. The zero-order chi connectivity index (χ0) is 13.1. The van der Waals surface area contributed by atoms with Crippen molar-refractivity contribution in [1.82, 2.24) is 15.1 Å². The van der Waals surface area contributed by atoms with E-state index in [2.05, 4.69) is 15.5 Å². The first-order valence-electron chi connectivity index (χ1n) is 5.33. The normalized spacial score (nSPS) is 11.1. The number of amides is 1. The molecule has 6 heteroatoms. The van der Waals surface area contributed by atoms with Gasteiger partial charge >= 0.3 is 0 Å². The molecule has 0 unspecified atom stereocenters. The molecule has 94 valence electrons. The predicted molar refractivity (Wildman–Crippen MR) is 64.8 cm³/mol. The summed E-state index contributed by atoms with van der Waals surface area (Å²) in [4.78, 5) is 13.3. The SMILES string of the molecule is CNc1ccc(C(=O)N(C)CC(C)(C)O)nn1. The molecule has 1 aromatic rings. The Morgan fingerprint density at radius 2 is 2.12 bits per heavy atom. The van der Waals surface area contributed by atoms with Gasteiger partial charge in [-0.25, -0.2) is 0 Å². The van der Waals surface area contributed by atoms with E-state index in [1.54, 1.807) is 40.1 Å². The maximum atomic E-state index is 11.9. The van der Waals surface area contributed by atoms with Crippen molar-refractivity contribution in [2.75, 3.05) is 26.0 Å². The van der Waals surface area contributed by atoms with E-state index in [1.165, 1.54) is 4.90 Å². The van der Waals surface area contributed by atoms with Crippen molar-refractivity contribution < 1.29 is 9.90 Å². The number of carbonyl (C=O) groups excluding carboxylic acids is 1. The fraction of sp³-hybridized carbons (Fsp3) is 0.545. The molecular formula is C11H18N4O2. The third-order valence-corrected chi connectivity index (χ3v) is 2.11. The molecule has 6 nitrogen and oxygen atoms in total. The van der Waals surface area contributed by atoms with Gasteiger partial charge in [0, 0.05) is 20.6 Å². The lowest BCUT2D eigenvalue weighted by molar-refractivity contribution is 0.0364. The standard InChI is InChI=1S/C11H18N4O2/c1-11(2,17)7-15(4)10(16)8-5-6-9(12-3)14-13-8/h5-6,17H,7H2,1-4H3,(H,12,14). The van der Waals surface area contributed by atoms with E-state index in [-0.39, 0.29) is 18.1 Å². The molecule has 0 aliphatic heterocycles. The van der Waals surface area contributed by atoms with Crippen molar-refractivity contribution in [3.05, 3.63) is 17.8 Å². The van der Waals surface area contributed by atoms with Crippen LogP contribution in [0.15, 0.2) is 12.1 Å². The Balaban J connectivity index is 2.75. The molecule has 0 bridgehead atoms. The first-order chi connectivity index (χ1) is 7.83. The molecule has 0 fully saturated rings. The molecule has 0 atom stereocenters. The number of likely N-dealkylation sites (N-methyl/N-ethyl adjacent to an activating group) is 1. The lowest BCUT2D eigenvalue weighted by Gasteiger charge is -2.25. The summed E-state index contributed by atoms with van der Waals surface area (Å²) in [6, 6.07) is 3.28. The van der Waals surface area contributed by atoms with Crippen LogP contribution < -0.4 is 5.32 Å². The number of hydrogen-bond acceptors (Lipinski definition) is 5. The van der Waals surface area contributed by atoms with Gasteiger partial charge in [-0.1, -0.05) is 0 Å². The maximum absolute atomic E-state index is 11.9. The van der Waals surface area contributed by atoms with E-state index in [0.717, 1.165) is 0 Å². The van der Waals surface area contributed by atoms with Crippen molar-refractivity contribution in [3.63, 3.8) is 0 Å². The molecule has 0 radical (unpaired) electrons. The molecule has 0 aliphatic carbocycles. The Kier molecular flexibility index (Phi) is 4.01. The summed E-state index contributed by atoms with van der Waals surface area (Å²) in [6.07, 6.45) is 0. The van der Waals surface area contributed by atoms with Crippen molar-refractivity contribution in [2.45, 2.75) is 19.4 Å². The summed E-state index contributed by atoms with van der Waals surface area (Å²) < 4.78 is 0. The minimum atomic E-state index is -0.928. The Bertz CT molecular complexity index is 383. The first-order valence-corrected chi connectivity index (χ1v) is 5.33. The van der Waals surface area contributed by atoms with Crippen LogP contribution in [0.3, 0.4) is 0 Å². The number of rotatable bonds is 4. The molecule has 0 saturated carbocycles. The number of aliphatic hydroxyl groups is 1. The van der Waals surface area contributed by atoms with Crippen LogP contribution in [0.2, 0.25) is 0 Å². The highest BCUT2D eigenvalue weighted by Crippen LogP contribution is 2.07. The van der Waals surface area contributed by atoms with E-state index in [1.807, 2.05) is 0 Å². The van der Waals surface area contributed by atoms with Crippen molar-refractivity contribution in [2.24, 2.45) is 0 Å². The van der Waals surface area contributed by atoms with Crippen LogP contribution in [-0.2, 0) is 0 Å². The molecule has 0 spiro atoms. The summed E-state index contributed by atoms with van der Waals surface area (Å²) >= 11 is 0. The summed E-state index contributed by atoms with van der Waals surface area (Å²) in [6.45, 7) is 3.53. The maximum Gasteiger partial charge on any atom is 0.274 e. The predicted octanol–water partition coefficient (Wildman–Crippen LogP) is 0.361. The van der Waals surface area contributed by atoms with Gasteiger partial charge in [0.2, 0.25) is 0 Å². The number of nitrogens with zero attached hydrogens (tertiary/aromatic N) is 3. The zero-order valence-electron chi connectivity index (χ0n) is 10.6. The van der Waals surface area contributed by atoms with Gasteiger partial charge in [-0.15, -0.1) is 10.2 Å². The quantitative estimate of drug-likeness (QED) is 0.792. The lowest BCUT2D eigenvalue weighted by Crippen LogP contribution is -2.40. The first kappa shape index (κ1) is 13.4. The molecule has 1 rings (SSSR count). The van der Waals surface area contributed by atoms with E-state index in [9.17, 15) is 9.90 Å². The molecule has 0 saturated heterocycles. The summed E-state index contributed by atoms with van der Waals surface area (Å²) in [5.41, 5.74) is -0.668. The third kappa shape index (κ3) is 3.99. The minimum absolute atomic E-state index is 0.237. The molecule has 0 aromatic carbocycles. The second-order valence-electron chi connectivity index (χ2n) is 4.53. The largest absolute Gasteiger partial charge is 0.389 e.